The van der Waals surface area contributed by atoms with E-state index >= 15 is 0 Å². The summed E-state index contributed by atoms with van der Waals surface area (Å²) >= 11 is 0. The molecule has 0 aliphatic rings. The van der Waals surface area contributed by atoms with Gasteiger partial charge in [-0.15, -0.1) is 0 Å². The minimum absolute atomic E-state index is 0.217. The molecule has 0 amide bonds. The zero-order valence-corrected chi connectivity index (χ0v) is 14.0. The van der Waals surface area contributed by atoms with Crippen molar-refractivity contribution in [2.75, 3.05) is 0 Å². The van der Waals surface area contributed by atoms with Crippen LogP contribution in [-0.2, 0) is 19.4 Å². The Hall–Kier alpha value is -1.06. The molecule has 0 heterocycles. The Kier molecular flexibility index (Phi) is 13.2. The van der Waals surface area contributed by atoms with Crippen molar-refractivity contribution in [1.29, 1.82) is 0 Å². The molecular weight excluding hydrogens is 268 g/mol. The molecule has 0 saturated heterocycles. The molecule has 0 rings (SSSR count). The Balaban J connectivity index is 3.44. The Labute approximate surface area is 129 Å². The minimum Gasteiger partial charge on any atom is -0.247 e. The molecule has 0 aromatic rings. The largest absolute Gasteiger partial charge is 0.358 e. The van der Waals surface area contributed by atoms with E-state index in [1.54, 1.807) is 6.92 Å². The van der Waals surface area contributed by atoms with E-state index in [1.165, 1.54) is 32.1 Å². The molecule has 0 aliphatic heterocycles. The zero-order chi connectivity index (χ0) is 15.9. The van der Waals surface area contributed by atoms with Gasteiger partial charge in [0, 0.05) is 0 Å². The minimum atomic E-state index is -0.457. The first kappa shape index (κ1) is 19.9. The second kappa shape index (κ2) is 13.9. The van der Waals surface area contributed by atoms with Gasteiger partial charge in [-0.1, -0.05) is 72.1 Å². The van der Waals surface area contributed by atoms with Gasteiger partial charge in [0.05, 0.1) is 12.3 Å². The first-order valence-corrected chi connectivity index (χ1v) is 8.53. The van der Waals surface area contributed by atoms with Crippen LogP contribution in [0.15, 0.2) is 0 Å². The number of carbonyl (C=O) groups excluding carboxylic acids is 2. The summed E-state index contributed by atoms with van der Waals surface area (Å²) in [6.45, 7) is 5.98. The third-order valence-electron chi connectivity index (χ3n) is 3.58. The van der Waals surface area contributed by atoms with E-state index in [0.717, 1.165) is 32.1 Å². The van der Waals surface area contributed by atoms with Crippen molar-refractivity contribution in [2.24, 2.45) is 5.92 Å². The fourth-order valence-electron chi connectivity index (χ4n) is 2.17. The fraction of sp³-hybridized carbons (Fsp3) is 0.882. The van der Waals surface area contributed by atoms with Gasteiger partial charge < -0.3 is 0 Å². The van der Waals surface area contributed by atoms with E-state index in [4.69, 9.17) is 0 Å². The maximum atomic E-state index is 11.4. The molecule has 21 heavy (non-hydrogen) atoms. The lowest BCUT2D eigenvalue weighted by Gasteiger charge is -2.08. The average molecular weight is 300 g/mol. The van der Waals surface area contributed by atoms with E-state index < -0.39 is 11.9 Å². The molecule has 1 atom stereocenters. The third kappa shape index (κ3) is 12.4. The van der Waals surface area contributed by atoms with Gasteiger partial charge in [-0.3, -0.25) is 0 Å². The van der Waals surface area contributed by atoms with Gasteiger partial charge in [0.15, 0.2) is 0 Å². The summed E-state index contributed by atoms with van der Waals surface area (Å²) in [5.74, 6) is -1.12. The molecule has 0 bridgehead atoms. The summed E-state index contributed by atoms with van der Waals surface area (Å²) in [6.07, 6.45) is 11.4. The Morgan fingerprint density at radius 1 is 0.810 bits per heavy atom. The van der Waals surface area contributed by atoms with Gasteiger partial charge in [-0.05, 0) is 12.8 Å². The highest BCUT2D eigenvalue weighted by Gasteiger charge is 2.16. The van der Waals surface area contributed by atoms with Gasteiger partial charge in [-0.25, -0.2) is 19.4 Å². The standard InChI is InChI=1S/C17H32O4/c1-4-6-7-8-9-10-11-12-14-16(18)20-21-17(19)15(3)13-5-2/h15H,4-14H2,1-3H3. The molecule has 0 fully saturated rings. The topological polar surface area (TPSA) is 52.6 Å². The maximum absolute atomic E-state index is 11.4. The maximum Gasteiger partial charge on any atom is 0.358 e. The molecule has 0 N–H and O–H groups in total. The van der Waals surface area contributed by atoms with Crippen molar-refractivity contribution in [2.45, 2.75) is 91.4 Å². The number of carbonyl (C=O) groups is 2. The van der Waals surface area contributed by atoms with E-state index in [0.29, 0.717) is 6.42 Å². The number of rotatable bonds is 12. The van der Waals surface area contributed by atoms with Crippen LogP contribution in [0.5, 0.6) is 0 Å². The van der Waals surface area contributed by atoms with E-state index in [9.17, 15) is 9.59 Å². The molecule has 4 nitrogen and oxygen atoms in total. The zero-order valence-electron chi connectivity index (χ0n) is 14.0. The van der Waals surface area contributed by atoms with Crippen molar-refractivity contribution in [3.8, 4) is 0 Å². The van der Waals surface area contributed by atoms with Crippen molar-refractivity contribution < 1.29 is 19.4 Å². The lowest BCUT2D eigenvalue weighted by atomic mass is 10.1. The highest BCUT2D eigenvalue weighted by atomic mass is 17.2. The van der Waals surface area contributed by atoms with Crippen molar-refractivity contribution >= 4 is 11.9 Å². The molecule has 0 radical (unpaired) electrons. The third-order valence-corrected chi connectivity index (χ3v) is 3.58. The molecular formula is C17H32O4. The summed E-state index contributed by atoms with van der Waals surface area (Å²) in [6, 6.07) is 0. The summed E-state index contributed by atoms with van der Waals surface area (Å²) in [5, 5.41) is 0. The van der Waals surface area contributed by atoms with Crippen molar-refractivity contribution in [3.63, 3.8) is 0 Å². The van der Waals surface area contributed by atoms with Crippen LogP contribution in [0, 0.1) is 5.92 Å². The number of unbranched alkanes of at least 4 members (excludes halogenated alkanes) is 7. The first-order chi connectivity index (χ1) is 10.1. The van der Waals surface area contributed by atoms with Crippen molar-refractivity contribution in [1.82, 2.24) is 0 Å². The Morgan fingerprint density at radius 2 is 1.38 bits per heavy atom. The highest BCUT2D eigenvalue weighted by molar-refractivity contribution is 5.74. The molecule has 0 aromatic carbocycles. The van der Waals surface area contributed by atoms with Crippen LogP contribution in [-0.4, -0.2) is 11.9 Å². The lowest BCUT2D eigenvalue weighted by Crippen LogP contribution is -2.17. The van der Waals surface area contributed by atoms with Crippen LogP contribution < -0.4 is 0 Å². The smallest absolute Gasteiger partial charge is 0.247 e. The van der Waals surface area contributed by atoms with Crippen molar-refractivity contribution in [3.05, 3.63) is 0 Å². The molecule has 0 saturated carbocycles. The number of hydrogen-bond donors (Lipinski definition) is 0. The average Bonchev–Trinajstić information content (AvgIpc) is 2.47. The van der Waals surface area contributed by atoms with E-state index in [-0.39, 0.29) is 5.92 Å². The quantitative estimate of drug-likeness (QED) is 0.290. The van der Waals surface area contributed by atoms with Crippen LogP contribution in [0.25, 0.3) is 0 Å². The number of hydrogen-bond acceptors (Lipinski definition) is 4. The summed E-state index contributed by atoms with van der Waals surface area (Å²) in [5.41, 5.74) is 0. The van der Waals surface area contributed by atoms with Crippen LogP contribution >= 0.6 is 0 Å². The van der Waals surface area contributed by atoms with Gasteiger partial charge >= 0.3 is 11.9 Å². The van der Waals surface area contributed by atoms with Crippen LogP contribution in [0.3, 0.4) is 0 Å². The molecule has 4 heteroatoms. The Morgan fingerprint density at radius 3 is 1.95 bits per heavy atom. The van der Waals surface area contributed by atoms with E-state index in [2.05, 4.69) is 16.7 Å². The van der Waals surface area contributed by atoms with Gasteiger partial charge in [0.25, 0.3) is 0 Å². The van der Waals surface area contributed by atoms with Gasteiger partial charge in [0.2, 0.25) is 0 Å². The molecule has 0 aromatic heterocycles. The van der Waals surface area contributed by atoms with E-state index in [1.807, 2.05) is 6.92 Å². The first-order valence-electron chi connectivity index (χ1n) is 8.53. The monoisotopic (exact) mass is 300 g/mol. The normalized spacial score (nSPS) is 12.0. The fourth-order valence-corrected chi connectivity index (χ4v) is 2.17. The predicted molar refractivity (Wildman–Crippen MR) is 83.5 cm³/mol. The van der Waals surface area contributed by atoms with Crippen LogP contribution in [0.4, 0.5) is 0 Å². The molecule has 124 valence electrons. The second-order valence-electron chi connectivity index (χ2n) is 5.77. The molecule has 0 aliphatic carbocycles. The van der Waals surface area contributed by atoms with Crippen LogP contribution in [0.1, 0.15) is 91.4 Å². The summed E-state index contributed by atoms with van der Waals surface area (Å²) in [4.78, 5) is 31.9. The summed E-state index contributed by atoms with van der Waals surface area (Å²) in [7, 11) is 0. The predicted octanol–water partition coefficient (Wildman–Crippen LogP) is 4.95. The molecule has 1 unspecified atom stereocenters. The summed E-state index contributed by atoms with van der Waals surface area (Å²) < 4.78 is 0. The highest BCUT2D eigenvalue weighted by Crippen LogP contribution is 2.11. The lowest BCUT2D eigenvalue weighted by molar-refractivity contribution is -0.262. The van der Waals surface area contributed by atoms with Crippen LogP contribution in [0.2, 0.25) is 0 Å². The van der Waals surface area contributed by atoms with Gasteiger partial charge in [0.1, 0.15) is 0 Å². The Bertz CT molecular complexity index is 276. The molecule has 0 spiro atoms. The van der Waals surface area contributed by atoms with Gasteiger partial charge in [-0.2, -0.15) is 0 Å². The second-order valence-corrected chi connectivity index (χ2v) is 5.77. The SMILES string of the molecule is CCCCCCCCCCC(=O)OOC(=O)C(C)CCC.